The first-order valence-electron chi connectivity index (χ1n) is 10.6. The van der Waals surface area contributed by atoms with Gasteiger partial charge in [-0.05, 0) is 50.2 Å². The number of aromatic nitrogens is 2. The van der Waals surface area contributed by atoms with Gasteiger partial charge in [0.05, 0.1) is 13.0 Å². The highest BCUT2D eigenvalue weighted by Gasteiger charge is 2.31. The predicted molar refractivity (Wildman–Crippen MR) is 117 cm³/mol. The minimum absolute atomic E-state index is 0.0176. The van der Waals surface area contributed by atoms with Crippen LogP contribution in [0.3, 0.4) is 0 Å². The lowest BCUT2D eigenvalue weighted by Crippen LogP contribution is -2.51. The molecule has 30 heavy (non-hydrogen) atoms. The molecule has 2 aromatic rings. The Morgan fingerprint density at radius 1 is 1.10 bits per heavy atom. The number of carbonyl (C=O) groups is 1. The second-order valence-corrected chi connectivity index (χ2v) is 8.01. The Morgan fingerprint density at radius 3 is 2.60 bits per heavy atom. The van der Waals surface area contributed by atoms with Crippen molar-refractivity contribution in [3.8, 4) is 5.75 Å². The van der Waals surface area contributed by atoms with Crippen molar-refractivity contribution < 1.29 is 9.53 Å². The molecule has 160 valence electrons. The van der Waals surface area contributed by atoms with Crippen LogP contribution in [0.15, 0.2) is 36.5 Å². The number of nitrogens with one attached hydrogen (secondary N) is 1. The zero-order chi connectivity index (χ0) is 20.9. The zero-order valence-corrected chi connectivity index (χ0v) is 17.8. The van der Waals surface area contributed by atoms with E-state index >= 15 is 0 Å². The van der Waals surface area contributed by atoms with Crippen LogP contribution in [0.25, 0.3) is 0 Å². The maximum absolute atomic E-state index is 13.0. The van der Waals surface area contributed by atoms with Crippen molar-refractivity contribution in [3.05, 3.63) is 36.5 Å². The number of methoxy groups -OCH3 is 1. The fraction of sp³-hybridized carbons (Fsp3) is 0.500. The monoisotopic (exact) mass is 410 g/mol. The van der Waals surface area contributed by atoms with Gasteiger partial charge in [-0.2, -0.15) is 4.98 Å². The summed E-state index contributed by atoms with van der Waals surface area (Å²) in [6.45, 7) is 5.09. The van der Waals surface area contributed by atoms with Crippen molar-refractivity contribution in [2.24, 2.45) is 5.92 Å². The fourth-order valence-corrected chi connectivity index (χ4v) is 4.04. The maximum atomic E-state index is 13.0. The topological polar surface area (TPSA) is 73.8 Å². The van der Waals surface area contributed by atoms with E-state index in [1.165, 1.54) is 0 Å². The molecule has 2 saturated heterocycles. The Bertz CT molecular complexity index is 851. The van der Waals surface area contributed by atoms with Crippen LogP contribution in [-0.2, 0) is 4.79 Å². The number of ether oxygens (including phenoxy) is 1. The zero-order valence-electron chi connectivity index (χ0n) is 17.8. The second-order valence-electron chi connectivity index (χ2n) is 8.01. The average Bonchev–Trinajstić information content (AvgIpc) is 2.80. The van der Waals surface area contributed by atoms with Crippen LogP contribution in [-0.4, -0.2) is 79.1 Å². The van der Waals surface area contributed by atoms with Gasteiger partial charge >= 0.3 is 0 Å². The van der Waals surface area contributed by atoms with Gasteiger partial charge in [-0.3, -0.25) is 4.79 Å². The first kappa shape index (κ1) is 20.4. The van der Waals surface area contributed by atoms with Crippen molar-refractivity contribution >= 4 is 23.4 Å². The molecular weight excluding hydrogens is 380 g/mol. The molecule has 0 radical (unpaired) electrons. The van der Waals surface area contributed by atoms with Crippen molar-refractivity contribution in [3.63, 3.8) is 0 Å². The van der Waals surface area contributed by atoms with Gasteiger partial charge in [0.1, 0.15) is 11.6 Å². The number of nitrogens with zero attached hydrogens (tertiary/aromatic N) is 5. The Labute approximate surface area is 177 Å². The van der Waals surface area contributed by atoms with Gasteiger partial charge in [-0.25, -0.2) is 4.98 Å². The Kier molecular flexibility index (Phi) is 6.32. The Morgan fingerprint density at radius 2 is 1.87 bits per heavy atom. The first-order chi connectivity index (χ1) is 14.6. The Hall–Kier alpha value is -2.87. The predicted octanol–water partition coefficient (Wildman–Crippen LogP) is 2.22. The van der Waals surface area contributed by atoms with Crippen molar-refractivity contribution in [1.29, 1.82) is 0 Å². The molecule has 8 nitrogen and oxygen atoms in total. The molecule has 1 atom stereocenters. The summed E-state index contributed by atoms with van der Waals surface area (Å²) >= 11 is 0. The molecule has 3 heterocycles. The number of hydrogen-bond donors (Lipinski definition) is 1. The second kappa shape index (κ2) is 9.30. The van der Waals surface area contributed by atoms with Crippen LogP contribution in [0, 0.1) is 5.92 Å². The molecule has 0 spiro atoms. The van der Waals surface area contributed by atoms with E-state index < -0.39 is 0 Å². The normalized spacial score (nSPS) is 20.1. The molecule has 2 aliphatic heterocycles. The average molecular weight is 411 g/mol. The minimum Gasteiger partial charge on any atom is -0.497 e. The first-order valence-corrected chi connectivity index (χ1v) is 10.6. The third-order valence-corrected chi connectivity index (χ3v) is 5.87. The summed E-state index contributed by atoms with van der Waals surface area (Å²) in [5.41, 5.74) is 0.933. The van der Waals surface area contributed by atoms with Crippen LogP contribution >= 0.6 is 0 Å². The summed E-state index contributed by atoms with van der Waals surface area (Å²) in [6.07, 6.45) is 3.68. The van der Waals surface area contributed by atoms with E-state index in [1.54, 1.807) is 13.3 Å². The van der Waals surface area contributed by atoms with Crippen LogP contribution in [0.2, 0.25) is 0 Å². The minimum atomic E-state index is 0.0176. The molecule has 2 fully saturated rings. The number of piperidine rings is 1. The third kappa shape index (κ3) is 4.81. The van der Waals surface area contributed by atoms with Gasteiger partial charge in [0.2, 0.25) is 11.9 Å². The molecule has 4 rings (SSSR count). The van der Waals surface area contributed by atoms with E-state index in [0.717, 1.165) is 62.8 Å². The molecule has 8 heteroatoms. The molecular formula is C22H30N6O2. The van der Waals surface area contributed by atoms with Crippen molar-refractivity contribution in [2.45, 2.75) is 12.8 Å². The van der Waals surface area contributed by atoms with Gasteiger partial charge in [-0.15, -0.1) is 0 Å². The number of benzene rings is 1. The largest absolute Gasteiger partial charge is 0.497 e. The number of carbonyl (C=O) groups excluding carboxylic acids is 1. The lowest BCUT2D eigenvalue weighted by molar-refractivity contribution is -0.137. The molecule has 0 saturated carbocycles. The van der Waals surface area contributed by atoms with Gasteiger partial charge < -0.3 is 24.8 Å². The standard InChI is InChI=1S/C22H30N6O2/c1-26-12-14-27(15-13-26)21(29)17-4-3-11-28(16-17)22-23-10-9-20(25-22)24-18-5-7-19(30-2)8-6-18/h5-10,17H,3-4,11-16H2,1-2H3,(H,23,24,25). The van der Waals surface area contributed by atoms with Gasteiger partial charge in [0.25, 0.3) is 0 Å². The molecule has 1 unspecified atom stereocenters. The van der Waals surface area contributed by atoms with Gasteiger partial charge in [0.15, 0.2) is 0 Å². The summed E-state index contributed by atoms with van der Waals surface area (Å²) in [5.74, 6) is 2.51. The number of amides is 1. The summed E-state index contributed by atoms with van der Waals surface area (Å²) < 4.78 is 5.20. The number of likely N-dealkylation sites (N-methyl/N-ethyl adjacent to an activating group) is 1. The molecule has 1 N–H and O–H groups in total. The van der Waals surface area contributed by atoms with Crippen LogP contribution in [0.4, 0.5) is 17.5 Å². The van der Waals surface area contributed by atoms with E-state index in [1.807, 2.05) is 35.2 Å². The Balaban J connectivity index is 1.40. The highest BCUT2D eigenvalue weighted by atomic mass is 16.5. The lowest BCUT2D eigenvalue weighted by Gasteiger charge is -2.38. The summed E-state index contributed by atoms with van der Waals surface area (Å²) in [6, 6.07) is 9.57. The van der Waals surface area contributed by atoms with E-state index in [4.69, 9.17) is 9.72 Å². The van der Waals surface area contributed by atoms with Crippen LogP contribution < -0.4 is 15.0 Å². The van der Waals surface area contributed by atoms with Gasteiger partial charge in [-0.1, -0.05) is 0 Å². The van der Waals surface area contributed by atoms with Crippen molar-refractivity contribution in [1.82, 2.24) is 19.8 Å². The highest BCUT2D eigenvalue weighted by Crippen LogP contribution is 2.24. The van der Waals surface area contributed by atoms with E-state index in [2.05, 4.69) is 27.1 Å². The van der Waals surface area contributed by atoms with E-state index in [0.29, 0.717) is 12.5 Å². The van der Waals surface area contributed by atoms with Crippen LogP contribution in [0.5, 0.6) is 5.75 Å². The molecule has 1 aromatic carbocycles. The van der Waals surface area contributed by atoms with Gasteiger partial charge in [0, 0.05) is 51.2 Å². The fourth-order valence-electron chi connectivity index (χ4n) is 4.04. The highest BCUT2D eigenvalue weighted by molar-refractivity contribution is 5.80. The number of anilines is 3. The quantitative estimate of drug-likeness (QED) is 0.810. The molecule has 1 amide bonds. The molecule has 0 aliphatic carbocycles. The molecule has 1 aromatic heterocycles. The maximum Gasteiger partial charge on any atom is 0.227 e. The summed E-state index contributed by atoms with van der Waals surface area (Å²) in [5, 5.41) is 3.31. The number of hydrogen-bond acceptors (Lipinski definition) is 7. The SMILES string of the molecule is COc1ccc(Nc2ccnc(N3CCCC(C(=O)N4CCN(C)CC4)C3)n2)cc1. The number of piperazine rings is 1. The van der Waals surface area contributed by atoms with Crippen LogP contribution in [0.1, 0.15) is 12.8 Å². The summed E-state index contributed by atoms with van der Waals surface area (Å²) in [4.78, 5) is 28.6. The smallest absolute Gasteiger partial charge is 0.227 e. The van der Waals surface area contributed by atoms with Crippen molar-refractivity contribution in [2.75, 3.05) is 63.6 Å². The third-order valence-electron chi connectivity index (χ3n) is 5.87. The summed E-state index contributed by atoms with van der Waals surface area (Å²) in [7, 11) is 3.76. The molecule has 0 bridgehead atoms. The van der Waals surface area contributed by atoms with E-state index in [9.17, 15) is 4.79 Å². The number of rotatable bonds is 5. The lowest BCUT2D eigenvalue weighted by atomic mass is 9.96. The van der Waals surface area contributed by atoms with E-state index in [-0.39, 0.29) is 11.8 Å². The molecule has 2 aliphatic rings.